The van der Waals surface area contributed by atoms with Gasteiger partial charge in [-0.05, 0) is 26.8 Å². The third-order valence-electron chi connectivity index (χ3n) is 3.78. The summed E-state index contributed by atoms with van der Waals surface area (Å²) in [6, 6.07) is 1.87. The number of hydrogen-bond donors (Lipinski definition) is 1. The number of aliphatic hydroxyl groups excluding tert-OH is 1. The SMILES string of the molecule is CC(C)(C)OC(=O)N(c1cscn1)S(=O)(=O)c1cc2c(cc1F)[C@H](O)CCO2. The number of amides is 1. The van der Waals surface area contributed by atoms with Crippen molar-refractivity contribution < 1.29 is 32.2 Å². The number of rotatable bonds is 3. The summed E-state index contributed by atoms with van der Waals surface area (Å²) < 4.78 is 51.9. The van der Waals surface area contributed by atoms with E-state index in [9.17, 15) is 22.7 Å². The minimum Gasteiger partial charge on any atom is -0.493 e. The summed E-state index contributed by atoms with van der Waals surface area (Å²) in [5, 5.41) is 11.3. The van der Waals surface area contributed by atoms with Crippen molar-refractivity contribution in [1.29, 1.82) is 0 Å². The van der Waals surface area contributed by atoms with Crippen LogP contribution in [-0.4, -0.2) is 36.8 Å². The zero-order chi connectivity index (χ0) is 20.7. The fourth-order valence-electron chi connectivity index (χ4n) is 2.59. The lowest BCUT2D eigenvalue weighted by molar-refractivity contribution is 0.0608. The van der Waals surface area contributed by atoms with E-state index < -0.39 is 38.5 Å². The summed E-state index contributed by atoms with van der Waals surface area (Å²) >= 11 is 1.07. The Hall–Kier alpha value is -2.24. The standard InChI is InChI=1S/C17H19FN2O6S2/c1-17(2,3)26-16(22)20(15-8-27-9-19-15)28(23,24)14-7-13-10(6-11(14)18)12(21)4-5-25-13/h6-9,12,21H,4-5H2,1-3H3/t12-/m1/s1. The summed E-state index contributed by atoms with van der Waals surface area (Å²) in [6.07, 6.45) is -1.91. The maximum Gasteiger partial charge on any atom is 0.430 e. The number of thiazole rings is 1. The van der Waals surface area contributed by atoms with E-state index in [1.54, 1.807) is 20.8 Å². The zero-order valence-electron chi connectivity index (χ0n) is 15.4. The molecule has 0 bridgehead atoms. The predicted molar refractivity (Wildman–Crippen MR) is 99.5 cm³/mol. The van der Waals surface area contributed by atoms with Crippen molar-refractivity contribution in [3.05, 3.63) is 34.4 Å². The number of hydrogen-bond acceptors (Lipinski definition) is 8. The van der Waals surface area contributed by atoms with Gasteiger partial charge in [-0.25, -0.2) is 22.6 Å². The lowest BCUT2D eigenvalue weighted by Gasteiger charge is -2.27. The van der Waals surface area contributed by atoms with Gasteiger partial charge in [-0.2, -0.15) is 0 Å². The van der Waals surface area contributed by atoms with E-state index in [0.29, 0.717) is 4.31 Å². The highest BCUT2D eigenvalue weighted by Gasteiger charge is 2.38. The Morgan fingerprint density at radius 1 is 1.43 bits per heavy atom. The van der Waals surface area contributed by atoms with Crippen LogP contribution in [-0.2, 0) is 14.8 Å². The van der Waals surface area contributed by atoms with Gasteiger partial charge in [-0.1, -0.05) is 0 Å². The summed E-state index contributed by atoms with van der Waals surface area (Å²) in [5.41, 5.74) is 0.508. The molecule has 1 N–H and O–H groups in total. The van der Waals surface area contributed by atoms with Gasteiger partial charge in [-0.3, -0.25) is 0 Å². The molecule has 3 rings (SSSR count). The highest BCUT2D eigenvalue weighted by atomic mass is 32.2. The number of aromatic nitrogens is 1. The van der Waals surface area contributed by atoms with Crippen molar-refractivity contribution in [2.24, 2.45) is 0 Å². The van der Waals surface area contributed by atoms with E-state index in [0.717, 1.165) is 23.5 Å². The van der Waals surface area contributed by atoms with Crippen LogP contribution < -0.4 is 9.04 Å². The molecule has 1 amide bonds. The monoisotopic (exact) mass is 430 g/mol. The van der Waals surface area contributed by atoms with Crippen LogP contribution in [0.25, 0.3) is 0 Å². The van der Waals surface area contributed by atoms with Crippen molar-refractivity contribution >= 4 is 33.3 Å². The fraction of sp³-hybridized carbons (Fsp3) is 0.412. The lowest BCUT2D eigenvalue weighted by atomic mass is 10.0. The first kappa shape index (κ1) is 20.5. The highest BCUT2D eigenvalue weighted by molar-refractivity contribution is 7.93. The van der Waals surface area contributed by atoms with Gasteiger partial charge in [0, 0.05) is 23.4 Å². The van der Waals surface area contributed by atoms with Crippen LogP contribution in [0, 0.1) is 5.82 Å². The van der Waals surface area contributed by atoms with E-state index in [2.05, 4.69) is 4.98 Å². The number of ether oxygens (including phenoxy) is 2. The van der Waals surface area contributed by atoms with Gasteiger partial charge >= 0.3 is 6.09 Å². The molecule has 0 spiro atoms. The molecule has 0 aliphatic carbocycles. The van der Waals surface area contributed by atoms with Crippen LogP contribution in [0.15, 0.2) is 27.9 Å². The number of anilines is 1. The molecule has 2 aromatic rings. The van der Waals surface area contributed by atoms with Crippen LogP contribution in [0.3, 0.4) is 0 Å². The molecule has 1 aromatic heterocycles. The van der Waals surface area contributed by atoms with Gasteiger partial charge in [0.1, 0.15) is 22.1 Å². The molecule has 0 unspecified atom stereocenters. The predicted octanol–water partition coefficient (Wildman–Crippen LogP) is 3.23. The Kier molecular flexibility index (Phi) is 5.34. The summed E-state index contributed by atoms with van der Waals surface area (Å²) in [4.78, 5) is 15.7. The molecule has 8 nitrogen and oxygen atoms in total. The molecule has 1 atom stereocenters. The first-order chi connectivity index (χ1) is 13.0. The molecule has 0 saturated carbocycles. The average Bonchev–Trinajstić information content (AvgIpc) is 3.07. The van der Waals surface area contributed by atoms with Crippen molar-refractivity contribution in [2.45, 2.75) is 43.8 Å². The molecule has 0 saturated heterocycles. The van der Waals surface area contributed by atoms with E-state index in [-0.39, 0.29) is 30.2 Å². The highest BCUT2D eigenvalue weighted by Crippen LogP contribution is 2.37. The maximum atomic E-state index is 14.7. The Morgan fingerprint density at radius 2 is 2.14 bits per heavy atom. The largest absolute Gasteiger partial charge is 0.493 e. The van der Waals surface area contributed by atoms with E-state index in [1.807, 2.05) is 0 Å². The number of carbonyl (C=O) groups excluding carboxylic acids is 1. The van der Waals surface area contributed by atoms with Crippen LogP contribution in [0.4, 0.5) is 15.0 Å². The number of sulfonamides is 1. The Balaban J connectivity index is 2.11. The molecule has 1 aliphatic heterocycles. The zero-order valence-corrected chi connectivity index (χ0v) is 17.0. The van der Waals surface area contributed by atoms with Gasteiger partial charge in [0.15, 0.2) is 5.82 Å². The number of fused-ring (bicyclic) bond motifs is 1. The fourth-order valence-corrected chi connectivity index (χ4v) is 4.51. The molecular weight excluding hydrogens is 411 g/mol. The first-order valence-electron chi connectivity index (χ1n) is 8.31. The van der Waals surface area contributed by atoms with Crippen molar-refractivity contribution in [2.75, 3.05) is 10.9 Å². The Bertz CT molecular complexity index is 986. The number of nitrogens with zero attached hydrogens (tertiary/aromatic N) is 2. The summed E-state index contributed by atoms with van der Waals surface area (Å²) in [6.45, 7) is 4.88. The molecular formula is C17H19FN2O6S2. The second kappa shape index (κ2) is 7.30. The van der Waals surface area contributed by atoms with E-state index in [1.165, 1.54) is 10.9 Å². The molecule has 11 heteroatoms. The van der Waals surface area contributed by atoms with Crippen LogP contribution in [0.2, 0.25) is 0 Å². The smallest absolute Gasteiger partial charge is 0.430 e. The minimum atomic E-state index is -4.71. The van der Waals surface area contributed by atoms with Crippen LogP contribution >= 0.6 is 11.3 Å². The van der Waals surface area contributed by atoms with E-state index >= 15 is 0 Å². The summed E-state index contributed by atoms with van der Waals surface area (Å²) in [5.74, 6) is -1.29. The maximum absolute atomic E-state index is 14.7. The van der Waals surface area contributed by atoms with Gasteiger partial charge in [0.2, 0.25) is 0 Å². The van der Waals surface area contributed by atoms with Gasteiger partial charge in [0.25, 0.3) is 10.0 Å². The first-order valence-corrected chi connectivity index (χ1v) is 10.7. The second-order valence-corrected chi connectivity index (χ2v) is 9.54. The van der Waals surface area contributed by atoms with Crippen molar-refractivity contribution in [3.8, 4) is 5.75 Å². The third-order valence-corrected chi connectivity index (χ3v) is 6.04. The normalized spacial score (nSPS) is 16.8. The van der Waals surface area contributed by atoms with Gasteiger partial charge in [-0.15, -0.1) is 15.6 Å². The van der Waals surface area contributed by atoms with Crippen molar-refractivity contribution in [3.63, 3.8) is 0 Å². The number of aliphatic hydroxyl groups is 1. The average molecular weight is 430 g/mol. The molecule has 0 fully saturated rings. The van der Waals surface area contributed by atoms with Gasteiger partial charge < -0.3 is 14.6 Å². The van der Waals surface area contributed by atoms with Crippen molar-refractivity contribution in [1.82, 2.24) is 4.98 Å². The molecule has 1 aliphatic rings. The second-order valence-electron chi connectivity index (χ2n) is 7.07. The third kappa shape index (κ3) is 3.96. The van der Waals surface area contributed by atoms with Gasteiger partial charge in [0.05, 0.1) is 18.2 Å². The number of benzene rings is 1. The summed E-state index contributed by atoms with van der Waals surface area (Å²) in [7, 11) is -4.71. The Morgan fingerprint density at radius 3 is 2.75 bits per heavy atom. The van der Waals surface area contributed by atoms with Crippen LogP contribution in [0.1, 0.15) is 38.9 Å². The molecule has 1 aromatic carbocycles. The topological polar surface area (TPSA) is 106 Å². The minimum absolute atomic E-state index is 0.0427. The molecule has 2 heterocycles. The molecule has 152 valence electrons. The number of carbonyl (C=O) groups is 1. The number of halogens is 1. The Labute approximate surface area is 165 Å². The molecule has 28 heavy (non-hydrogen) atoms. The molecule has 0 radical (unpaired) electrons. The lowest BCUT2D eigenvalue weighted by Crippen LogP contribution is -2.41. The van der Waals surface area contributed by atoms with E-state index in [4.69, 9.17) is 9.47 Å². The van der Waals surface area contributed by atoms with Crippen LogP contribution in [0.5, 0.6) is 5.75 Å². The quantitative estimate of drug-likeness (QED) is 0.797.